The molecule has 0 heterocycles. The summed E-state index contributed by atoms with van der Waals surface area (Å²) in [4.78, 5) is 24.5. The van der Waals surface area contributed by atoms with Crippen molar-refractivity contribution in [2.24, 2.45) is 0 Å². The van der Waals surface area contributed by atoms with Crippen LogP contribution in [0, 0.1) is 0 Å². The predicted molar refractivity (Wildman–Crippen MR) is 310 cm³/mol. The highest BCUT2D eigenvalue weighted by Crippen LogP contribution is 2.18. The third-order valence-corrected chi connectivity index (χ3v) is 15.0. The minimum atomic E-state index is -0.843. The Labute approximate surface area is 443 Å². The molecule has 6 nitrogen and oxygen atoms in total. The van der Waals surface area contributed by atoms with Crippen LogP contribution in [0.15, 0.2) is 24.3 Å². The molecule has 0 rings (SSSR count). The maximum Gasteiger partial charge on any atom is 0.305 e. The molecular formula is C65H125NO5. The first-order valence-electron chi connectivity index (χ1n) is 32.1. The number of allylic oxidation sites excluding steroid dienone is 3. The summed E-state index contributed by atoms with van der Waals surface area (Å²) < 4.78 is 5.48. The molecule has 71 heavy (non-hydrogen) atoms. The van der Waals surface area contributed by atoms with Crippen LogP contribution in [0.4, 0.5) is 0 Å². The molecule has 0 spiro atoms. The normalized spacial score (nSPS) is 12.7. The first kappa shape index (κ1) is 69.3. The SMILES string of the molecule is CCCCCC/C=C\CCCCCCCC(=O)OCCCCCCCCCCCCCCCCCCCCCCCCCCC(=O)NC(CO)C(O)/C=C/CCCCCCCCCCCCCCCCC. The Hall–Kier alpha value is -1.66. The van der Waals surface area contributed by atoms with Gasteiger partial charge in [-0.1, -0.05) is 308 Å². The second-order valence-corrected chi connectivity index (χ2v) is 22.1. The monoisotopic (exact) mass is 1000 g/mol. The molecule has 1 amide bonds. The van der Waals surface area contributed by atoms with Crippen LogP contribution >= 0.6 is 0 Å². The van der Waals surface area contributed by atoms with Crippen molar-refractivity contribution >= 4 is 11.9 Å². The Morgan fingerprint density at radius 1 is 0.380 bits per heavy atom. The van der Waals surface area contributed by atoms with E-state index in [0.29, 0.717) is 19.4 Å². The zero-order valence-electron chi connectivity index (χ0n) is 48.0. The van der Waals surface area contributed by atoms with Crippen LogP contribution < -0.4 is 5.32 Å². The Kier molecular flexibility index (Phi) is 59.5. The maximum absolute atomic E-state index is 12.5. The van der Waals surface area contributed by atoms with Crippen molar-refractivity contribution in [3.8, 4) is 0 Å². The van der Waals surface area contributed by atoms with Gasteiger partial charge in [-0.15, -0.1) is 0 Å². The van der Waals surface area contributed by atoms with Crippen LogP contribution in [0.2, 0.25) is 0 Å². The molecule has 0 aromatic carbocycles. The second-order valence-electron chi connectivity index (χ2n) is 22.1. The number of hydrogen-bond donors (Lipinski definition) is 3. The van der Waals surface area contributed by atoms with E-state index in [0.717, 1.165) is 44.9 Å². The summed E-state index contributed by atoms with van der Waals surface area (Å²) in [6.07, 6.45) is 75.1. The molecule has 2 unspecified atom stereocenters. The molecule has 0 aliphatic heterocycles. The lowest BCUT2D eigenvalue weighted by atomic mass is 10.0. The van der Waals surface area contributed by atoms with Crippen molar-refractivity contribution in [2.45, 2.75) is 366 Å². The van der Waals surface area contributed by atoms with Gasteiger partial charge in [-0.2, -0.15) is 0 Å². The van der Waals surface area contributed by atoms with Crippen molar-refractivity contribution in [1.82, 2.24) is 5.32 Å². The highest BCUT2D eigenvalue weighted by atomic mass is 16.5. The molecule has 0 bridgehead atoms. The molecule has 2 atom stereocenters. The van der Waals surface area contributed by atoms with E-state index in [1.165, 1.54) is 283 Å². The van der Waals surface area contributed by atoms with E-state index in [1.807, 2.05) is 6.08 Å². The Bertz CT molecular complexity index is 1110. The number of carbonyl (C=O) groups excluding carboxylic acids is 2. The predicted octanol–water partition coefficient (Wildman–Crippen LogP) is 20.2. The molecule has 0 aliphatic carbocycles. The van der Waals surface area contributed by atoms with Gasteiger partial charge in [0.05, 0.1) is 25.4 Å². The van der Waals surface area contributed by atoms with Gasteiger partial charge in [-0.25, -0.2) is 0 Å². The van der Waals surface area contributed by atoms with Crippen LogP contribution in [-0.4, -0.2) is 47.4 Å². The van der Waals surface area contributed by atoms with E-state index >= 15 is 0 Å². The number of aliphatic hydroxyl groups is 2. The standard InChI is InChI=1S/C65H125NO5/c1-3-5-7-9-11-13-15-17-18-27-30-34-37-41-45-49-53-57-63(68)62(61-67)66-64(69)58-54-50-46-42-38-35-31-28-25-23-21-19-20-22-24-26-29-32-36-40-44-48-52-56-60-71-65(70)59-55-51-47-43-39-33-16-14-12-10-8-6-4-2/h14,16,53,57,62-63,67-68H,3-13,15,17-52,54-56,58-61H2,1-2H3,(H,66,69)/b16-14-,57-53+. The van der Waals surface area contributed by atoms with Gasteiger partial charge in [-0.3, -0.25) is 9.59 Å². The Balaban J connectivity index is 3.39. The van der Waals surface area contributed by atoms with Crippen molar-refractivity contribution in [1.29, 1.82) is 0 Å². The van der Waals surface area contributed by atoms with Crippen molar-refractivity contribution in [3.05, 3.63) is 24.3 Å². The number of hydrogen-bond acceptors (Lipinski definition) is 5. The molecule has 0 saturated carbocycles. The summed E-state index contributed by atoms with van der Waals surface area (Å²) >= 11 is 0. The summed E-state index contributed by atoms with van der Waals surface area (Å²) in [6, 6.07) is -0.627. The highest BCUT2D eigenvalue weighted by molar-refractivity contribution is 5.76. The van der Waals surface area contributed by atoms with Crippen LogP contribution in [0.25, 0.3) is 0 Å². The first-order chi connectivity index (χ1) is 35.0. The average molecular weight is 1000 g/mol. The number of aliphatic hydroxyl groups excluding tert-OH is 2. The number of amides is 1. The minimum absolute atomic E-state index is 0.00607. The second kappa shape index (κ2) is 60.9. The molecule has 0 aromatic heterocycles. The number of rotatable bonds is 60. The van der Waals surface area contributed by atoms with Crippen LogP contribution in [0.1, 0.15) is 354 Å². The lowest BCUT2D eigenvalue weighted by molar-refractivity contribution is -0.143. The molecule has 0 radical (unpaired) electrons. The number of esters is 1. The summed E-state index contributed by atoms with van der Waals surface area (Å²) in [5.74, 6) is -0.0582. The van der Waals surface area contributed by atoms with Crippen LogP contribution in [0.5, 0.6) is 0 Å². The van der Waals surface area contributed by atoms with Gasteiger partial charge in [0, 0.05) is 12.8 Å². The van der Waals surface area contributed by atoms with Crippen LogP contribution in [0.3, 0.4) is 0 Å². The van der Waals surface area contributed by atoms with Gasteiger partial charge in [0.25, 0.3) is 0 Å². The molecular weight excluding hydrogens is 875 g/mol. The van der Waals surface area contributed by atoms with E-state index in [1.54, 1.807) is 6.08 Å². The topological polar surface area (TPSA) is 95.9 Å². The van der Waals surface area contributed by atoms with E-state index in [-0.39, 0.29) is 18.5 Å². The Morgan fingerprint density at radius 2 is 0.662 bits per heavy atom. The number of ether oxygens (including phenoxy) is 1. The summed E-state index contributed by atoms with van der Waals surface area (Å²) in [7, 11) is 0. The highest BCUT2D eigenvalue weighted by Gasteiger charge is 2.18. The number of unbranched alkanes of at least 4 members (excludes halogenated alkanes) is 47. The quantitative estimate of drug-likeness (QED) is 0.0320. The minimum Gasteiger partial charge on any atom is -0.466 e. The zero-order valence-corrected chi connectivity index (χ0v) is 48.0. The zero-order chi connectivity index (χ0) is 51.4. The fourth-order valence-electron chi connectivity index (χ4n) is 10.0. The molecule has 0 aliphatic rings. The fourth-order valence-corrected chi connectivity index (χ4v) is 10.0. The smallest absolute Gasteiger partial charge is 0.305 e. The van der Waals surface area contributed by atoms with E-state index < -0.39 is 12.1 Å². The van der Waals surface area contributed by atoms with Crippen molar-refractivity contribution in [3.63, 3.8) is 0 Å². The molecule has 0 fully saturated rings. The lowest BCUT2D eigenvalue weighted by Crippen LogP contribution is -2.45. The van der Waals surface area contributed by atoms with Crippen molar-refractivity contribution in [2.75, 3.05) is 13.2 Å². The van der Waals surface area contributed by atoms with Gasteiger partial charge in [0.2, 0.25) is 5.91 Å². The van der Waals surface area contributed by atoms with Gasteiger partial charge in [0.15, 0.2) is 0 Å². The van der Waals surface area contributed by atoms with Gasteiger partial charge in [-0.05, 0) is 57.8 Å². The number of carbonyl (C=O) groups is 2. The fraction of sp³-hybridized carbons (Fsp3) is 0.908. The summed E-state index contributed by atoms with van der Waals surface area (Å²) in [5, 5.41) is 23.2. The first-order valence-corrected chi connectivity index (χ1v) is 32.1. The van der Waals surface area contributed by atoms with E-state index in [9.17, 15) is 19.8 Å². The molecule has 0 aromatic rings. The maximum atomic E-state index is 12.5. The molecule has 420 valence electrons. The average Bonchev–Trinajstić information content (AvgIpc) is 3.37. The lowest BCUT2D eigenvalue weighted by Gasteiger charge is -2.20. The number of nitrogens with one attached hydrogen (secondary N) is 1. The van der Waals surface area contributed by atoms with Gasteiger partial charge in [0.1, 0.15) is 0 Å². The van der Waals surface area contributed by atoms with E-state index in [2.05, 4.69) is 31.3 Å². The largest absolute Gasteiger partial charge is 0.466 e. The van der Waals surface area contributed by atoms with Gasteiger partial charge < -0.3 is 20.3 Å². The van der Waals surface area contributed by atoms with E-state index in [4.69, 9.17) is 4.74 Å². The Morgan fingerprint density at radius 3 is 1.01 bits per heavy atom. The third kappa shape index (κ3) is 57.5. The summed E-state index contributed by atoms with van der Waals surface area (Å²) in [6.45, 7) is 4.91. The van der Waals surface area contributed by atoms with Gasteiger partial charge >= 0.3 is 5.97 Å². The molecule has 3 N–H and O–H groups in total. The van der Waals surface area contributed by atoms with Crippen LogP contribution in [-0.2, 0) is 14.3 Å². The molecule has 0 saturated heterocycles. The van der Waals surface area contributed by atoms with Crippen molar-refractivity contribution < 1.29 is 24.5 Å². The molecule has 6 heteroatoms. The summed E-state index contributed by atoms with van der Waals surface area (Å²) in [5.41, 5.74) is 0. The third-order valence-electron chi connectivity index (χ3n) is 15.0.